The zero-order valence-corrected chi connectivity index (χ0v) is 14.9. The number of phenolic OH excluding ortho intramolecular Hbond substituents is 1. The number of phenols is 1. The lowest BCUT2D eigenvalue weighted by Crippen LogP contribution is -2.45. The number of nitrogens with one attached hydrogen (secondary N) is 1. The Morgan fingerprint density at radius 1 is 1.17 bits per heavy atom. The molecule has 1 fully saturated rings. The summed E-state index contributed by atoms with van der Waals surface area (Å²) in [6.07, 6.45) is -4.85. The van der Waals surface area contributed by atoms with Crippen LogP contribution in [0.5, 0.6) is 11.5 Å². The van der Waals surface area contributed by atoms with Crippen LogP contribution in [-0.4, -0.2) is 47.5 Å². The van der Waals surface area contributed by atoms with Crippen LogP contribution in [0, 0.1) is 15.9 Å². The summed E-state index contributed by atoms with van der Waals surface area (Å²) in [4.78, 5) is 12.1. The van der Waals surface area contributed by atoms with Crippen molar-refractivity contribution in [3.8, 4) is 11.5 Å². The van der Waals surface area contributed by atoms with Crippen molar-refractivity contribution in [2.45, 2.75) is 12.4 Å². The van der Waals surface area contributed by atoms with E-state index >= 15 is 0 Å². The van der Waals surface area contributed by atoms with Crippen molar-refractivity contribution in [2.24, 2.45) is 0 Å². The highest BCUT2D eigenvalue weighted by Crippen LogP contribution is 2.40. The molecule has 29 heavy (non-hydrogen) atoms. The van der Waals surface area contributed by atoms with Crippen LogP contribution < -0.4 is 10.1 Å². The van der Waals surface area contributed by atoms with Gasteiger partial charge in [-0.15, -0.1) is 13.2 Å². The third-order valence-electron chi connectivity index (χ3n) is 4.52. The molecule has 1 atom stereocenters. The van der Waals surface area contributed by atoms with Gasteiger partial charge in [-0.1, -0.05) is 12.1 Å². The minimum atomic E-state index is -4.85. The average Bonchev–Trinajstić information content (AvgIpc) is 2.65. The van der Waals surface area contributed by atoms with Crippen molar-refractivity contribution in [3.05, 3.63) is 63.5 Å². The fourth-order valence-corrected chi connectivity index (χ4v) is 3.33. The van der Waals surface area contributed by atoms with Crippen molar-refractivity contribution in [3.63, 3.8) is 0 Å². The van der Waals surface area contributed by atoms with E-state index in [1.807, 2.05) is 4.90 Å². The number of rotatable bonds is 5. The highest BCUT2D eigenvalue weighted by atomic mass is 19.4. The molecule has 0 saturated carbocycles. The molecular weight excluding hydrogens is 398 g/mol. The molecule has 1 saturated heterocycles. The van der Waals surface area contributed by atoms with Crippen LogP contribution >= 0.6 is 0 Å². The van der Waals surface area contributed by atoms with Crippen molar-refractivity contribution < 1.29 is 32.3 Å². The van der Waals surface area contributed by atoms with Gasteiger partial charge in [0.1, 0.15) is 11.6 Å². The van der Waals surface area contributed by atoms with Crippen molar-refractivity contribution in [1.29, 1.82) is 0 Å². The van der Waals surface area contributed by atoms with Crippen LogP contribution in [0.25, 0.3) is 0 Å². The third-order valence-corrected chi connectivity index (χ3v) is 4.52. The van der Waals surface area contributed by atoms with Gasteiger partial charge in [0.2, 0.25) is 0 Å². The first-order valence-electron chi connectivity index (χ1n) is 8.63. The lowest BCUT2D eigenvalue weighted by atomic mass is 9.94. The normalized spacial score (nSPS) is 16.4. The Bertz CT molecular complexity index is 884. The predicted molar refractivity (Wildman–Crippen MR) is 94.1 cm³/mol. The number of benzene rings is 2. The molecule has 0 radical (unpaired) electrons. The van der Waals surface area contributed by atoms with Gasteiger partial charge >= 0.3 is 12.0 Å². The van der Waals surface area contributed by atoms with Gasteiger partial charge < -0.3 is 15.2 Å². The summed E-state index contributed by atoms with van der Waals surface area (Å²) in [6, 6.07) is 5.72. The second-order valence-electron chi connectivity index (χ2n) is 6.43. The Hall–Kier alpha value is -2.92. The summed E-state index contributed by atoms with van der Waals surface area (Å²) >= 11 is 0. The molecule has 156 valence electrons. The summed E-state index contributed by atoms with van der Waals surface area (Å²) < 4.78 is 55.1. The maximum atomic E-state index is 14.1. The second kappa shape index (κ2) is 8.21. The van der Waals surface area contributed by atoms with Crippen LogP contribution in [0.4, 0.5) is 23.2 Å². The van der Waals surface area contributed by atoms with Crippen LogP contribution in [-0.2, 0) is 0 Å². The van der Waals surface area contributed by atoms with Gasteiger partial charge in [-0.3, -0.25) is 15.0 Å². The highest BCUT2D eigenvalue weighted by molar-refractivity contribution is 5.54. The van der Waals surface area contributed by atoms with Crippen molar-refractivity contribution in [2.75, 3.05) is 26.2 Å². The molecule has 2 aromatic rings. The van der Waals surface area contributed by atoms with Gasteiger partial charge in [-0.25, -0.2) is 4.39 Å². The number of nitrogens with zero attached hydrogens (tertiary/aromatic N) is 2. The fraction of sp³-hybridized carbons (Fsp3) is 0.333. The van der Waals surface area contributed by atoms with Gasteiger partial charge in [-0.2, -0.15) is 0 Å². The predicted octanol–water partition coefficient (Wildman–Crippen LogP) is 3.33. The van der Waals surface area contributed by atoms with E-state index in [2.05, 4.69) is 10.1 Å². The largest absolute Gasteiger partial charge is 0.573 e. The number of alkyl halides is 3. The Balaban J connectivity index is 2.06. The standard InChI is InChI=1S/C18H17F4N3O4/c19-12-9-14(17(26)15(10-12)25(27)28)16(24-7-5-23-6-8-24)11-1-3-13(4-2-11)29-18(20,21)22/h1-4,9-10,16,23,26H,5-8H2/t16-/m0/s1. The number of nitro benzene ring substituents is 1. The molecule has 1 heterocycles. The Labute approximate surface area is 162 Å². The van der Waals surface area contributed by atoms with Gasteiger partial charge in [0.25, 0.3) is 0 Å². The summed E-state index contributed by atoms with van der Waals surface area (Å²) in [7, 11) is 0. The average molecular weight is 415 g/mol. The van der Waals surface area contributed by atoms with E-state index in [0.717, 1.165) is 18.2 Å². The topological polar surface area (TPSA) is 87.9 Å². The number of ether oxygens (including phenoxy) is 1. The minimum absolute atomic E-state index is 0.0388. The minimum Gasteiger partial charge on any atom is -0.502 e. The summed E-state index contributed by atoms with van der Waals surface area (Å²) in [5, 5.41) is 24.7. The van der Waals surface area contributed by atoms with Crippen LogP contribution in [0.3, 0.4) is 0 Å². The monoisotopic (exact) mass is 415 g/mol. The molecule has 7 nitrogen and oxygen atoms in total. The number of aromatic hydroxyl groups is 1. The molecule has 0 spiro atoms. The molecule has 3 rings (SSSR count). The summed E-state index contributed by atoms with van der Waals surface area (Å²) in [5.41, 5.74) is -0.392. The maximum Gasteiger partial charge on any atom is 0.573 e. The second-order valence-corrected chi connectivity index (χ2v) is 6.43. The molecule has 0 bridgehead atoms. The molecule has 0 aromatic heterocycles. The smallest absolute Gasteiger partial charge is 0.502 e. The lowest BCUT2D eigenvalue weighted by Gasteiger charge is -2.35. The lowest BCUT2D eigenvalue weighted by molar-refractivity contribution is -0.386. The molecule has 1 aliphatic heterocycles. The summed E-state index contributed by atoms with van der Waals surface area (Å²) in [6.45, 7) is 2.14. The van der Waals surface area contributed by atoms with Crippen molar-refractivity contribution >= 4 is 5.69 Å². The van der Waals surface area contributed by atoms with Crippen LogP contribution in [0.15, 0.2) is 36.4 Å². The number of nitro groups is 1. The highest BCUT2D eigenvalue weighted by Gasteiger charge is 2.33. The zero-order chi connectivity index (χ0) is 21.2. The Kier molecular flexibility index (Phi) is 5.89. The van der Waals surface area contributed by atoms with Gasteiger partial charge in [0.05, 0.1) is 17.0 Å². The van der Waals surface area contributed by atoms with E-state index in [4.69, 9.17) is 0 Å². The van der Waals surface area contributed by atoms with Crippen LogP contribution in [0.1, 0.15) is 17.2 Å². The van der Waals surface area contributed by atoms with E-state index in [0.29, 0.717) is 37.8 Å². The molecule has 2 N–H and O–H groups in total. The van der Waals surface area contributed by atoms with Gasteiger partial charge in [0, 0.05) is 31.7 Å². The van der Waals surface area contributed by atoms with E-state index in [1.165, 1.54) is 12.1 Å². The molecule has 2 aromatic carbocycles. The van der Waals surface area contributed by atoms with Gasteiger partial charge in [-0.05, 0) is 23.8 Å². The van der Waals surface area contributed by atoms with E-state index in [9.17, 15) is 32.8 Å². The first-order chi connectivity index (χ1) is 13.7. The number of piperazine rings is 1. The van der Waals surface area contributed by atoms with E-state index in [1.54, 1.807) is 0 Å². The fourth-order valence-electron chi connectivity index (χ4n) is 3.33. The first-order valence-corrected chi connectivity index (χ1v) is 8.63. The molecule has 11 heteroatoms. The molecule has 0 aliphatic carbocycles. The number of halogens is 4. The third kappa shape index (κ3) is 4.93. The molecule has 0 amide bonds. The molecular formula is C18H17F4N3O4. The SMILES string of the molecule is O=[N+]([O-])c1cc(F)cc([C@H](c2ccc(OC(F)(F)F)cc2)N2CCNCC2)c1O. The maximum absolute atomic E-state index is 14.1. The van der Waals surface area contributed by atoms with E-state index < -0.39 is 40.3 Å². The van der Waals surface area contributed by atoms with Crippen molar-refractivity contribution in [1.82, 2.24) is 10.2 Å². The first kappa shape index (κ1) is 20.8. The molecule has 1 aliphatic rings. The van der Waals surface area contributed by atoms with Crippen LogP contribution in [0.2, 0.25) is 0 Å². The molecule has 0 unspecified atom stereocenters. The number of hydrogen-bond donors (Lipinski definition) is 2. The quantitative estimate of drug-likeness (QED) is 0.443. The Morgan fingerprint density at radius 3 is 2.34 bits per heavy atom. The zero-order valence-electron chi connectivity index (χ0n) is 14.9. The summed E-state index contributed by atoms with van der Waals surface area (Å²) in [5.74, 6) is -2.02. The van der Waals surface area contributed by atoms with E-state index in [-0.39, 0.29) is 5.56 Å². The van der Waals surface area contributed by atoms with Gasteiger partial charge in [0.15, 0.2) is 5.75 Å². The Morgan fingerprint density at radius 2 is 1.79 bits per heavy atom. The number of hydrogen-bond acceptors (Lipinski definition) is 6.